The number of aromatic nitrogens is 1. The lowest BCUT2D eigenvalue weighted by atomic mass is 10.1. The summed E-state index contributed by atoms with van der Waals surface area (Å²) >= 11 is 7.07. The third-order valence-electron chi connectivity index (χ3n) is 5.41. The summed E-state index contributed by atoms with van der Waals surface area (Å²) in [4.78, 5) is 4.79. The van der Waals surface area contributed by atoms with Gasteiger partial charge in [0.15, 0.2) is 0 Å². The van der Waals surface area contributed by atoms with E-state index < -0.39 is 0 Å². The molecule has 0 bridgehead atoms. The van der Waals surface area contributed by atoms with E-state index in [1.165, 1.54) is 0 Å². The summed E-state index contributed by atoms with van der Waals surface area (Å²) in [7, 11) is 0. The number of aliphatic imine (C=N–C) groups is 1. The van der Waals surface area contributed by atoms with Crippen molar-refractivity contribution in [3.8, 4) is 28.2 Å². The van der Waals surface area contributed by atoms with Crippen LogP contribution in [0.5, 0.6) is 0 Å². The minimum absolute atomic E-state index is 0.912. The molecule has 1 aromatic heterocycles. The SMILES string of the molecule is Brc1ccc(N=Cc2cc(-c3ccccc3)n(-c3ccc(Br)cc3)c2-c2ccccc2)cc1. The van der Waals surface area contributed by atoms with Gasteiger partial charge in [-0.2, -0.15) is 0 Å². The Bertz CT molecular complexity index is 1390. The fourth-order valence-electron chi connectivity index (χ4n) is 3.87. The molecule has 1 heterocycles. The summed E-state index contributed by atoms with van der Waals surface area (Å²) in [6, 6.07) is 39.7. The van der Waals surface area contributed by atoms with Crippen LogP contribution in [0.2, 0.25) is 0 Å². The average Bonchev–Trinajstić information content (AvgIpc) is 3.25. The van der Waals surface area contributed by atoms with Crippen molar-refractivity contribution in [1.82, 2.24) is 4.57 Å². The van der Waals surface area contributed by atoms with Crippen molar-refractivity contribution in [1.29, 1.82) is 0 Å². The Labute approximate surface area is 210 Å². The molecule has 0 radical (unpaired) electrons. The smallest absolute Gasteiger partial charge is 0.0630 e. The van der Waals surface area contributed by atoms with Crippen LogP contribution in [0.4, 0.5) is 5.69 Å². The largest absolute Gasteiger partial charge is 0.309 e. The van der Waals surface area contributed by atoms with Crippen LogP contribution >= 0.6 is 31.9 Å². The Kier molecular flexibility index (Phi) is 6.38. The highest BCUT2D eigenvalue weighted by molar-refractivity contribution is 9.10. The first-order valence-electron chi connectivity index (χ1n) is 10.6. The van der Waals surface area contributed by atoms with Crippen LogP contribution in [-0.2, 0) is 0 Å². The van der Waals surface area contributed by atoms with Crippen LogP contribution in [0.3, 0.4) is 0 Å². The molecule has 0 spiro atoms. The zero-order valence-corrected chi connectivity index (χ0v) is 20.9. The summed E-state index contributed by atoms with van der Waals surface area (Å²) in [5, 5.41) is 0. The minimum atomic E-state index is 0.912. The van der Waals surface area contributed by atoms with Crippen molar-refractivity contribution in [2.45, 2.75) is 0 Å². The Morgan fingerprint density at radius 1 is 0.606 bits per heavy atom. The van der Waals surface area contributed by atoms with E-state index in [0.29, 0.717) is 0 Å². The topological polar surface area (TPSA) is 17.3 Å². The van der Waals surface area contributed by atoms with Crippen LogP contribution in [0.1, 0.15) is 5.56 Å². The van der Waals surface area contributed by atoms with Gasteiger partial charge in [0.05, 0.1) is 17.1 Å². The number of hydrogen-bond donors (Lipinski definition) is 0. The van der Waals surface area contributed by atoms with Crippen LogP contribution in [-0.4, -0.2) is 10.8 Å². The number of benzene rings is 4. The molecule has 0 N–H and O–H groups in total. The molecule has 0 saturated heterocycles. The van der Waals surface area contributed by atoms with Crippen LogP contribution in [0.15, 0.2) is 129 Å². The molecule has 4 heteroatoms. The lowest BCUT2D eigenvalue weighted by molar-refractivity contribution is 1.09. The van der Waals surface area contributed by atoms with Gasteiger partial charge in [-0.15, -0.1) is 0 Å². The number of halogens is 2. The fraction of sp³-hybridized carbons (Fsp3) is 0. The third kappa shape index (κ3) is 4.77. The maximum absolute atomic E-state index is 4.79. The zero-order valence-electron chi connectivity index (χ0n) is 17.7. The van der Waals surface area contributed by atoms with Gasteiger partial charge < -0.3 is 4.57 Å². The lowest BCUT2D eigenvalue weighted by Gasteiger charge is -2.15. The Morgan fingerprint density at radius 3 is 1.76 bits per heavy atom. The number of hydrogen-bond acceptors (Lipinski definition) is 1. The molecule has 0 aliphatic heterocycles. The summed E-state index contributed by atoms with van der Waals surface area (Å²) < 4.78 is 4.41. The Hall–Kier alpha value is -3.21. The summed E-state index contributed by atoms with van der Waals surface area (Å²) in [5.74, 6) is 0. The number of nitrogens with zero attached hydrogens (tertiary/aromatic N) is 2. The van der Waals surface area contributed by atoms with Gasteiger partial charge in [0.25, 0.3) is 0 Å². The van der Waals surface area contributed by atoms with Gasteiger partial charge in [-0.3, -0.25) is 4.99 Å². The van der Waals surface area contributed by atoms with Gasteiger partial charge in [0.1, 0.15) is 0 Å². The van der Waals surface area contributed by atoms with E-state index in [9.17, 15) is 0 Å². The predicted octanol–water partition coefficient (Wildman–Crippen LogP) is 9.09. The molecule has 2 nitrogen and oxygen atoms in total. The molecule has 33 heavy (non-hydrogen) atoms. The van der Waals surface area contributed by atoms with Crippen molar-refractivity contribution in [2.24, 2.45) is 4.99 Å². The van der Waals surface area contributed by atoms with Crippen molar-refractivity contribution < 1.29 is 0 Å². The van der Waals surface area contributed by atoms with Gasteiger partial charge in [-0.1, -0.05) is 92.5 Å². The molecule has 0 atom stereocenters. The zero-order chi connectivity index (χ0) is 22.6. The molecule has 5 rings (SSSR count). The van der Waals surface area contributed by atoms with Crippen LogP contribution in [0.25, 0.3) is 28.2 Å². The number of rotatable bonds is 5. The first kappa shape index (κ1) is 21.6. The second kappa shape index (κ2) is 9.74. The third-order valence-corrected chi connectivity index (χ3v) is 6.47. The molecule has 160 valence electrons. The van der Waals surface area contributed by atoms with E-state index in [0.717, 1.165) is 48.4 Å². The van der Waals surface area contributed by atoms with E-state index in [2.05, 4.69) is 115 Å². The molecular weight excluding hydrogens is 536 g/mol. The highest BCUT2D eigenvalue weighted by Gasteiger charge is 2.18. The van der Waals surface area contributed by atoms with Crippen molar-refractivity contribution >= 4 is 43.8 Å². The van der Waals surface area contributed by atoms with Crippen molar-refractivity contribution in [3.05, 3.63) is 130 Å². The summed E-state index contributed by atoms with van der Waals surface area (Å²) in [6.45, 7) is 0. The molecule has 0 amide bonds. The van der Waals surface area contributed by atoms with E-state index >= 15 is 0 Å². The van der Waals surface area contributed by atoms with E-state index in [1.54, 1.807) is 0 Å². The maximum Gasteiger partial charge on any atom is 0.0630 e. The molecule has 0 aliphatic rings. The van der Waals surface area contributed by atoms with Gasteiger partial charge in [0.2, 0.25) is 0 Å². The quantitative estimate of drug-likeness (QED) is 0.192. The summed E-state index contributed by atoms with van der Waals surface area (Å²) in [5.41, 5.74) is 7.59. The lowest BCUT2D eigenvalue weighted by Crippen LogP contribution is -2.00. The second-order valence-electron chi connectivity index (χ2n) is 7.61. The molecule has 0 aliphatic carbocycles. The highest BCUT2D eigenvalue weighted by Crippen LogP contribution is 2.36. The van der Waals surface area contributed by atoms with Gasteiger partial charge in [0, 0.05) is 26.4 Å². The van der Waals surface area contributed by atoms with Crippen molar-refractivity contribution in [2.75, 3.05) is 0 Å². The summed E-state index contributed by atoms with van der Waals surface area (Å²) in [6.07, 6.45) is 1.97. The monoisotopic (exact) mass is 554 g/mol. The van der Waals surface area contributed by atoms with Crippen molar-refractivity contribution in [3.63, 3.8) is 0 Å². The maximum atomic E-state index is 4.79. The normalized spacial score (nSPS) is 11.2. The minimum Gasteiger partial charge on any atom is -0.309 e. The average molecular weight is 556 g/mol. The molecule has 0 saturated carbocycles. The molecule has 5 aromatic rings. The predicted molar refractivity (Wildman–Crippen MR) is 146 cm³/mol. The van der Waals surface area contributed by atoms with Gasteiger partial charge >= 0.3 is 0 Å². The van der Waals surface area contributed by atoms with Crippen LogP contribution < -0.4 is 0 Å². The molecule has 0 fully saturated rings. The first-order valence-corrected chi connectivity index (χ1v) is 12.2. The Morgan fingerprint density at radius 2 is 1.15 bits per heavy atom. The van der Waals surface area contributed by atoms with Gasteiger partial charge in [-0.05, 0) is 65.7 Å². The highest BCUT2D eigenvalue weighted by atomic mass is 79.9. The molecule has 0 unspecified atom stereocenters. The molecular formula is C29H20Br2N2. The first-order chi connectivity index (χ1) is 16.2. The fourth-order valence-corrected chi connectivity index (χ4v) is 4.40. The van der Waals surface area contributed by atoms with Gasteiger partial charge in [-0.25, -0.2) is 0 Å². The Balaban J connectivity index is 1.76. The molecule has 4 aromatic carbocycles. The van der Waals surface area contributed by atoms with E-state index in [1.807, 2.05) is 42.6 Å². The van der Waals surface area contributed by atoms with E-state index in [4.69, 9.17) is 4.99 Å². The standard InChI is InChI=1S/C29H20Br2N2/c30-24-11-15-26(16-12-24)32-20-23-19-28(21-7-3-1-4-8-21)33(27-17-13-25(31)14-18-27)29(23)22-9-5-2-6-10-22/h1-20H. The second-order valence-corrected chi connectivity index (χ2v) is 9.44. The van der Waals surface area contributed by atoms with Crippen LogP contribution in [0, 0.1) is 0 Å². The van der Waals surface area contributed by atoms with E-state index in [-0.39, 0.29) is 0 Å².